The van der Waals surface area contributed by atoms with Gasteiger partial charge in [-0.2, -0.15) is 0 Å². The Bertz CT molecular complexity index is 2970. The second kappa shape index (κ2) is 28.1. The third-order valence-corrected chi connectivity index (χ3v) is 19.7. The molecule has 18 heteroatoms. The lowest BCUT2D eigenvalue weighted by Gasteiger charge is -2.28. The quantitative estimate of drug-likeness (QED) is 0.0874. The molecule has 6 aromatic rings. The van der Waals surface area contributed by atoms with Gasteiger partial charge in [0.15, 0.2) is 29.5 Å². The van der Waals surface area contributed by atoms with Crippen molar-refractivity contribution in [3.05, 3.63) is 162 Å². The average Bonchev–Trinajstić information content (AvgIpc) is 4.05. The summed E-state index contributed by atoms with van der Waals surface area (Å²) in [5.74, 6) is 0.990. The van der Waals surface area contributed by atoms with Crippen LogP contribution in [0.3, 0.4) is 0 Å². The number of nitrogens with one attached hydrogen (secondary N) is 1. The molecule has 0 aromatic heterocycles. The van der Waals surface area contributed by atoms with Gasteiger partial charge in [-0.25, -0.2) is 25.3 Å². The molecule has 0 radical (unpaired) electrons. The van der Waals surface area contributed by atoms with Gasteiger partial charge in [0, 0.05) is 87.8 Å². The van der Waals surface area contributed by atoms with E-state index >= 15 is 0 Å². The van der Waals surface area contributed by atoms with Crippen LogP contribution in [0.1, 0.15) is 29.5 Å². The van der Waals surface area contributed by atoms with E-state index in [1.165, 1.54) is 18.5 Å². The Morgan fingerprint density at radius 2 is 0.654 bits per heavy atom. The molecule has 4 aliphatic rings. The number of anilines is 5. The monoisotopic (exact) mass is 1120 g/mol. The van der Waals surface area contributed by atoms with E-state index in [1.807, 2.05) is 55.6 Å². The van der Waals surface area contributed by atoms with E-state index in [4.69, 9.17) is 18.9 Å². The molecule has 15 nitrogen and oxygen atoms in total. The average molecular weight is 1120 g/mol. The summed E-state index contributed by atoms with van der Waals surface area (Å²) in [4.78, 5) is 10.3. The first-order valence-corrected chi connectivity index (χ1v) is 31.9. The fraction of sp³-hybridized carbons (Fsp3) is 0.400. The number of hydrogen-bond acceptors (Lipinski definition) is 15. The standard InChI is InChI=1S/C22H28N2O3S.C19H24N2O3S.C19H23NO4S/c25-28(26,22-9-7-21(8-10-22)23-12-1-2-13-23)18-11-19-3-5-20(6-4-19)24-14-16-27-17-15-24;1-20-17-4-8-19(9-5-17)25(22,23)15-10-16-2-6-18(7-3-16)21-11-13-24-14-12-21;1-23-18-6-8-19(9-7-18)25(21,22)15-10-16-2-4-17(5-3-16)20-11-13-24-14-12-20/h3-10H,1-2,11-18H2;2-9,20H,10-15H2,1H3;2-9H,10-15H2,1H3. The van der Waals surface area contributed by atoms with Crippen LogP contribution in [0.4, 0.5) is 28.4 Å². The first-order valence-electron chi connectivity index (χ1n) is 27.0. The number of aryl methyl sites for hydroxylation is 3. The number of ether oxygens (including phenoxy) is 4. The molecule has 0 bridgehead atoms. The van der Waals surface area contributed by atoms with E-state index in [9.17, 15) is 25.3 Å². The molecule has 0 amide bonds. The summed E-state index contributed by atoms with van der Waals surface area (Å²) in [6, 6.07) is 45.3. The molecule has 0 spiro atoms. The molecule has 4 aliphatic heterocycles. The Kier molecular flexibility index (Phi) is 20.9. The molecular weight excluding hydrogens is 1050 g/mol. The third kappa shape index (κ3) is 16.7. The number of hydrogen-bond donors (Lipinski definition) is 1. The van der Waals surface area contributed by atoms with Gasteiger partial charge in [-0.15, -0.1) is 0 Å². The molecule has 418 valence electrons. The lowest BCUT2D eigenvalue weighted by Crippen LogP contribution is -2.36. The molecule has 4 fully saturated rings. The number of rotatable bonds is 18. The van der Waals surface area contributed by atoms with Crippen LogP contribution in [0, 0.1) is 0 Å². The van der Waals surface area contributed by atoms with Crippen molar-refractivity contribution in [1.29, 1.82) is 0 Å². The first kappa shape index (κ1) is 58.0. The molecular formula is C60H75N5O10S3. The SMILES string of the molecule is CNc1ccc(S(=O)(=O)CCc2ccc(N3CCOCC3)cc2)cc1.COc1ccc(S(=O)(=O)CCc2ccc(N3CCOCC3)cc2)cc1.O=S(=O)(CCc1ccc(N2CCOCC2)cc1)c1ccc(N2CCCC2)cc1. The summed E-state index contributed by atoms with van der Waals surface area (Å²) in [6.07, 6.45) is 3.96. The summed E-state index contributed by atoms with van der Waals surface area (Å²) in [7, 11) is -6.47. The Labute approximate surface area is 462 Å². The van der Waals surface area contributed by atoms with E-state index in [2.05, 4.69) is 61.3 Å². The largest absolute Gasteiger partial charge is 0.497 e. The minimum absolute atomic E-state index is 0.0935. The van der Waals surface area contributed by atoms with Crippen LogP contribution in [-0.2, 0) is 63.0 Å². The van der Waals surface area contributed by atoms with Gasteiger partial charge < -0.3 is 43.9 Å². The summed E-state index contributed by atoms with van der Waals surface area (Å²) >= 11 is 0. The van der Waals surface area contributed by atoms with Gasteiger partial charge in [0.05, 0.1) is 78.7 Å². The van der Waals surface area contributed by atoms with Gasteiger partial charge >= 0.3 is 0 Å². The summed E-state index contributed by atoms with van der Waals surface area (Å²) in [5.41, 5.74) is 8.62. The van der Waals surface area contributed by atoms with E-state index in [0.717, 1.165) is 131 Å². The van der Waals surface area contributed by atoms with Crippen LogP contribution < -0.4 is 29.7 Å². The number of sulfone groups is 3. The van der Waals surface area contributed by atoms with Crippen LogP contribution in [0.2, 0.25) is 0 Å². The molecule has 0 aliphatic carbocycles. The number of methoxy groups -OCH3 is 1. The van der Waals surface area contributed by atoms with Gasteiger partial charge in [-0.3, -0.25) is 0 Å². The molecule has 10 rings (SSSR count). The van der Waals surface area contributed by atoms with Crippen LogP contribution in [-0.4, -0.2) is 149 Å². The Balaban J connectivity index is 0.000000155. The summed E-state index contributed by atoms with van der Waals surface area (Å²) in [6.45, 7) is 12.1. The zero-order chi connectivity index (χ0) is 54.8. The van der Waals surface area contributed by atoms with Crippen LogP contribution in [0.5, 0.6) is 5.75 Å². The summed E-state index contributed by atoms with van der Waals surface area (Å²) in [5, 5.41) is 2.99. The van der Waals surface area contributed by atoms with E-state index in [0.29, 0.717) is 39.7 Å². The van der Waals surface area contributed by atoms with Gasteiger partial charge in [0.1, 0.15) is 5.75 Å². The fourth-order valence-electron chi connectivity index (χ4n) is 9.65. The molecule has 78 heavy (non-hydrogen) atoms. The predicted molar refractivity (Wildman–Crippen MR) is 313 cm³/mol. The minimum Gasteiger partial charge on any atom is -0.497 e. The first-order chi connectivity index (χ1) is 37.8. The normalized spacial score (nSPS) is 16.1. The Morgan fingerprint density at radius 1 is 0.385 bits per heavy atom. The predicted octanol–water partition coefficient (Wildman–Crippen LogP) is 8.27. The number of benzene rings is 6. The topological polar surface area (TPSA) is 164 Å². The van der Waals surface area contributed by atoms with Gasteiger partial charge in [0.25, 0.3) is 0 Å². The lowest BCUT2D eigenvalue weighted by atomic mass is 10.1. The maximum absolute atomic E-state index is 12.7. The molecule has 0 saturated carbocycles. The second-order valence-corrected chi connectivity index (χ2v) is 26.0. The van der Waals surface area contributed by atoms with E-state index in [1.54, 1.807) is 67.8 Å². The van der Waals surface area contributed by atoms with Crippen molar-refractivity contribution in [3.8, 4) is 5.75 Å². The second-order valence-electron chi connectivity index (χ2n) is 19.6. The Morgan fingerprint density at radius 3 is 0.949 bits per heavy atom. The molecule has 1 N–H and O–H groups in total. The van der Waals surface area contributed by atoms with Crippen molar-refractivity contribution in [1.82, 2.24) is 0 Å². The molecule has 4 saturated heterocycles. The van der Waals surface area contributed by atoms with Gasteiger partial charge in [0.2, 0.25) is 0 Å². The smallest absolute Gasteiger partial charge is 0.178 e. The highest BCUT2D eigenvalue weighted by Gasteiger charge is 2.20. The highest BCUT2D eigenvalue weighted by atomic mass is 32.2. The van der Waals surface area contributed by atoms with Gasteiger partial charge in [-0.05, 0) is 158 Å². The number of morpholine rings is 3. The van der Waals surface area contributed by atoms with Crippen molar-refractivity contribution >= 4 is 57.9 Å². The Hall–Kier alpha value is -6.15. The third-order valence-electron chi connectivity index (χ3n) is 14.5. The summed E-state index contributed by atoms with van der Waals surface area (Å²) < 4.78 is 96.5. The van der Waals surface area contributed by atoms with Crippen molar-refractivity contribution in [2.45, 2.75) is 46.8 Å². The van der Waals surface area contributed by atoms with Crippen molar-refractivity contribution in [2.75, 3.05) is 148 Å². The minimum atomic E-state index is -3.30. The highest BCUT2D eigenvalue weighted by molar-refractivity contribution is 7.92. The van der Waals surface area contributed by atoms with Gasteiger partial charge in [-0.1, -0.05) is 36.4 Å². The maximum atomic E-state index is 12.7. The zero-order valence-corrected chi connectivity index (χ0v) is 47.5. The van der Waals surface area contributed by atoms with Crippen LogP contribution in [0.25, 0.3) is 0 Å². The molecule has 4 heterocycles. The lowest BCUT2D eigenvalue weighted by molar-refractivity contribution is 0.122. The number of nitrogens with zero attached hydrogens (tertiary/aromatic N) is 4. The fourth-order valence-corrected chi connectivity index (χ4v) is 13.5. The zero-order valence-electron chi connectivity index (χ0n) is 45.0. The van der Waals surface area contributed by atoms with Crippen molar-refractivity contribution < 1.29 is 44.2 Å². The molecule has 0 atom stereocenters. The van der Waals surface area contributed by atoms with Crippen LogP contribution >= 0.6 is 0 Å². The van der Waals surface area contributed by atoms with Crippen LogP contribution in [0.15, 0.2) is 160 Å². The van der Waals surface area contributed by atoms with Crippen molar-refractivity contribution in [3.63, 3.8) is 0 Å². The van der Waals surface area contributed by atoms with E-state index in [-0.39, 0.29) is 17.3 Å². The molecule has 0 unspecified atom stereocenters. The van der Waals surface area contributed by atoms with Crippen molar-refractivity contribution in [2.24, 2.45) is 0 Å². The van der Waals surface area contributed by atoms with E-state index < -0.39 is 29.5 Å². The maximum Gasteiger partial charge on any atom is 0.178 e. The molecule has 6 aromatic carbocycles. The highest BCUT2D eigenvalue weighted by Crippen LogP contribution is 2.25.